The molecule has 3 rings (SSSR count). The monoisotopic (exact) mass is 354 g/mol. The summed E-state index contributed by atoms with van der Waals surface area (Å²) in [6.07, 6.45) is 1.49. The van der Waals surface area contributed by atoms with E-state index in [1.807, 2.05) is 37.2 Å². The van der Waals surface area contributed by atoms with Crippen molar-refractivity contribution in [1.29, 1.82) is 0 Å². The first-order valence-electron chi connectivity index (χ1n) is 8.46. The Labute approximate surface area is 152 Å². The topological polar surface area (TPSA) is 74.8 Å². The summed E-state index contributed by atoms with van der Waals surface area (Å²) in [6.45, 7) is 2.28. The molecule has 26 heavy (non-hydrogen) atoms. The van der Waals surface area contributed by atoms with Gasteiger partial charge in [-0.1, -0.05) is 6.07 Å². The van der Waals surface area contributed by atoms with Crippen molar-refractivity contribution in [3.63, 3.8) is 0 Å². The molecule has 1 N–H and O–H groups in total. The van der Waals surface area contributed by atoms with E-state index in [0.29, 0.717) is 43.2 Å². The van der Waals surface area contributed by atoms with Crippen molar-refractivity contribution in [2.24, 2.45) is 0 Å². The van der Waals surface area contributed by atoms with Gasteiger partial charge in [-0.15, -0.1) is 0 Å². The van der Waals surface area contributed by atoms with E-state index in [0.717, 1.165) is 5.69 Å². The second kappa shape index (κ2) is 7.97. The second-order valence-electron chi connectivity index (χ2n) is 6.24. The molecule has 2 amide bonds. The van der Waals surface area contributed by atoms with Crippen LogP contribution >= 0.6 is 0 Å². The molecule has 7 nitrogen and oxygen atoms in total. The summed E-state index contributed by atoms with van der Waals surface area (Å²) in [5.41, 5.74) is 1.99. The van der Waals surface area contributed by atoms with Crippen molar-refractivity contribution >= 4 is 23.3 Å². The minimum absolute atomic E-state index is 0.0719. The maximum atomic E-state index is 12.4. The van der Waals surface area contributed by atoms with Gasteiger partial charge in [-0.3, -0.25) is 9.59 Å². The average molecular weight is 354 g/mol. The van der Waals surface area contributed by atoms with Gasteiger partial charge < -0.3 is 19.9 Å². The molecule has 1 fully saturated rings. The third kappa shape index (κ3) is 4.18. The van der Waals surface area contributed by atoms with E-state index in [4.69, 9.17) is 4.74 Å². The van der Waals surface area contributed by atoms with Gasteiger partial charge in [-0.05, 0) is 30.3 Å². The van der Waals surface area contributed by atoms with Crippen molar-refractivity contribution in [2.45, 2.75) is 0 Å². The third-order valence-electron chi connectivity index (χ3n) is 4.18. The zero-order valence-corrected chi connectivity index (χ0v) is 14.9. The molecule has 1 aromatic carbocycles. The molecule has 0 atom stereocenters. The van der Waals surface area contributed by atoms with Crippen LogP contribution in [0.5, 0.6) is 0 Å². The number of ether oxygens (including phenoxy) is 1. The number of aromatic nitrogens is 1. The largest absolute Gasteiger partial charge is 0.378 e. The Morgan fingerprint density at radius 1 is 1.12 bits per heavy atom. The van der Waals surface area contributed by atoms with E-state index in [1.54, 1.807) is 23.1 Å². The lowest BCUT2D eigenvalue weighted by Gasteiger charge is -2.26. The van der Waals surface area contributed by atoms with Gasteiger partial charge >= 0.3 is 0 Å². The molecule has 0 radical (unpaired) electrons. The van der Waals surface area contributed by atoms with Crippen LogP contribution in [0.3, 0.4) is 0 Å². The van der Waals surface area contributed by atoms with Crippen molar-refractivity contribution in [3.05, 3.63) is 53.7 Å². The number of carbonyl (C=O) groups excluding carboxylic acids is 2. The Bertz CT molecular complexity index is 784. The summed E-state index contributed by atoms with van der Waals surface area (Å²) in [7, 11) is 3.84. The van der Waals surface area contributed by atoms with E-state index in [1.165, 1.54) is 6.20 Å². The first kappa shape index (κ1) is 17.9. The number of anilines is 2. The molecule has 0 aliphatic carbocycles. The van der Waals surface area contributed by atoms with Crippen molar-refractivity contribution in [2.75, 3.05) is 50.6 Å². The van der Waals surface area contributed by atoms with Gasteiger partial charge in [-0.2, -0.15) is 0 Å². The molecule has 7 heteroatoms. The van der Waals surface area contributed by atoms with E-state index in [-0.39, 0.29) is 11.8 Å². The summed E-state index contributed by atoms with van der Waals surface area (Å²) in [6, 6.07) is 10.6. The summed E-state index contributed by atoms with van der Waals surface area (Å²) in [5, 5.41) is 2.76. The minimum atomic E-state index is -0.242. The lowest BCUT2D eigenvalue weighted by atomic mass is 10.2. The van der Waals surface area contributed by atoms with Crippen molar-refractivity contribution in [1.82, 2.24) is 9.88 Å². The number of hydrogen-bond donors (Lipinski definition) is 1. The Kier molecular flexibility index (Phi) is 5.48. The molecule has 1 aliphatic heterocycles. The molecule has 1 saturated heterocycles. The van der Waals surface area contributed by atoms with Crippen molar-refractivity contribution < 1.29 is 14.3 Å². The number of hydrogen-bond acceptors (Lipinski definition) is 5. The highest BCUT2D eigenvalue weighted by Crippen LogP contribution is 2.15. The molecular formula is C19H22N4O3. The number of morpholine rings is 1. The van der Waals surface area contributed by atoms with Crippen LogP contribution in [0.1, 0.15) is 20.7 Å². The maximum Gasteiger partial charge on any atom is 0.256 e. The fourth-order valence-corrected chi connectivity index (χ4v) is 2.66. The molecule has 1 aromatic heterocycles. The fourth-order valence-electron chi connectivity index (χ4n) is 2.66. The zero-order chi connectivity index (χ0) is 18.5. The Balaban J connectivity index is 1.66. The predicted octanol–water partition coefficient (Wildman–Crippen LogP) is 1.87. The summed E-state index contributed by atoms with van der Waals surface area (Å²) < 4.78 is 5.25. The van der Waals surface area contributed by atoms with E-state index in [9.17, 15) is 9.59 Å². The number of pyridine rings is 1. The first-order valence-corrected chi connectivity index (χ1v) is 8.46. The average Bonchev–Trinajstić information content (AvgIpc) is 2.68. The highest BCUT2D eigenvalue weighted by Gasteiger charge is 2.18. The van der Waals surface area contributed by atoms with Gasteiger partial charge in [0.25, 0.3) is 11.8 Å². The fraction of sp³-hybridized carbons (Fsp3) is 0.316. The molecule has 2 aromatic rings. The van der Waals surface area contributed by atoms with Crippen LogP contribution in [0.2, 0.25) is 0 Å². The van der Waals surface area contributed by atoms with Gasteiger partial charge in [0.15, 0.2) is 0 Å². The number of amides is 2. The molecule has 0 saturated carbocycles. The van der Waals surface area contributed by atoms with Gasteiger partial charge in [0.1, 0.15) is 5.82 Å². The second-order valence-corrected chi connectivity index (χ2v) is 6.24. The maximum absolute atomic E-state index is 12.4. The molecular weight excluding hydrogens is 332 g/mol. The number of nitrogens with one attached hydrogen (secondary N) is 1. The van der Waals surface area contributed by atoms with E-state index in [2.05, 4.69) is 10.3 Å². The molecule has 0 spiro atoms. The van der Waals surface area contributed by atoms with Gasteiger partial charge in [0.2, 0.25) is 0 Å². The number of nitrogens with zero attached hydrogens (tertiary/aromatic N) is 3. The highest BCUT2D eigenvalue weighted by atomic mass is 16.5. The van der Waals surface area contributed by atoms with Gasteiger partial charge in [-0.25, -0.2) is 4.98 Å². The zero-order valence-electron chi connectivity index (χ0n) is 14.9. The Morgan fingerprint density at radius 3 is 2.54 bits per heavy atom. The Morgan fingerprint density at radius 2 is 1.88 bits per heavy atom. The minimum Gasteiger partial charge on any atom is -0.378 e. The highest BCUT2D eigenvalue weighted by molar-refractivity contribution is 6.04. The normalized spacial score (nSPS) is 14.0. The van der Waals surface area contributed by atoms with Crippen LogP contribution in [-0.2, 0) is 4.74 Å². The van der Waals surface area contributed by atoms with Gasteiger partial charge in [0, 0.05) is 44.6 Å². The van der Waals surface area contributed by atoms with E-state index >= 15 is 0 Å². The Hall–Kier alpha value is -2.93. The number of rotatable bonds is 4. The molecule has 2 heterocycles. The molecule has 0 bridgehead atoms. The molecule has 136 valence electrons. The van der Waals surface area contributed by atoms with Crippen LogP contribution < -0.4 is 10.2 Å². The van der Waals surface area contributed by atoms with E-state index < -0.39 is 0 Å². The van der Waals surface area contributed by atoms with Crippen LogP contribution in [0, 0.1) is 0 Å². The van der Waals surface area contributed by atoms with Gasteiger partial charge in [0.05, 0.1) is 18.8 Å². The van der Waals surface area contributed by atoms with Crippen LogP contribution in [-0.4, -0.2) is 62.1 Å². The molecule has 1 aliphatic rings. The van der Waals surface area contributed by atoms with Crippen LogP contribution in [0.4, 0.5) is 11.5 Å². The third-order valence-corrected chi connectivity index (χ3v) is 4.18. The first-order chi connectivity index (χ1) is 12.5. The lowest BCUT2D eigenvalue weighted by Crippen LogP contribution is -2.40. The molecule has 0 unspecified atom stereocenters. The number of benzene rings is 1. The van der Waals surface area contributed by atoms with Crippen LogP contribution in [0.15, 0.2) is 42.6 Å². The summed E-state index contributed by atoms with van der Waals surface area (Å²) in [5.74, 6) is 0.0922. The number of carbonyl (C=O) groups is 2. The quantitative estimate of drug-likeness (QED) is 0.907. The summed E-state index contributed by atoms with van der Waals surface area (Å²) >= 11 is 0. The van der Waals surface area contributed by atoms with Crippen LogP contribution in [0.25, 0.3) is 0 Å². The lowest BCUT2D eigenvalue weighted by molar-refractivity contribution is 0.0302. The van der Waals surface area contributed by atoms with Crippen molar-refractivity contribution in [3.8, 4) is 0 Å². The smallest absolute Gasteiger partial charge is 0.256 e. The SMILES string of the molecule is CN(C)c1cccc(C(=O)Nc2ccc(C(=O)N3CCOCC3)cn2)c1. The summed E-state index contributed by atoms with van der Waals surface area (Å²) in [4.78, 5) is 32.7. The predicted molar refractivity (Wildman–Crippen MR) is 99.7 cm³/mol. The standard InChI is InChI=1S/C19H22N4O3/c1-22(2)16-5-3-4-14(12-16)18(24)21-17-7-6-15(13-20-17)19(25)23-8-10-26-11-9-23/h3-7,12-13H,8-11H2,1-2H3,(H,20,21,24).